The number of benzene rings is 1. The summed E-state index contributed by atoms with van der Waals surface area (Å²) in [4.78, 5) is 13.8. The van der Waals surface area contributed by atoms with Crippen molar-refractivity contribution in [3.8, 4) is 0 Å². The van der Waals surface area contributed by atoms with Crippen LogP contribution in [0.1, 0.15) is 19.4 Å². The summed E-state index contributed by atoms with van der Waals surface area (Å²) < 4.78 is 25.9. The second kappa shape index (κ2) is 7.26. The molecule has 0 aliphatic carbocycles. The van der Waals surface area contributed by atoms with Gasteiger partial charge in [0.25, 0.3) is 0 Å². The number of rotatable bonds is 6. The van der Waals surface area contributed by atoms with Gasteiger partial charge >= 0.3 is 0 Å². The number of aryl methyl sites for hydroxylation is 1. The number of anilines is 1. The Morgan fingerprint density at radius 1 is 1.24 bits per heavy atom. The van der Waals surface area contributed by atoms with E-state index >= 15 is 0 Å². The zero-order valence-corrected chi connectivity index (χ0v) is 15.2. The molecule has 0 spiro atoms. The van der Waals surface area contributed by atoms with Gasteiger partial charge in [-0.05, 0) is 54.4 Å². The Kier molecular flexibility index (Phi) is 6.22. The van der Waals surface area contributed by atoms with Gasteiger partial charge < -0.3 is 4.90 Å². The summed E-state index contributed by atoms with van der Waals surface area (Å²) in [6, 6.07) is 5.35. The average molecular weight is 377 g/mol. The first kappa shape index (κ1) is 18.0. The third-order valence-electron chi connectivity index (χ3n) is 3.17. The molecule has 0 radical (unpaired) electrons. The highest BCUT2D eigenvalue weighted by molar-refractivity contribution is 9.10. The maximum absolute atomic E-state index is 12.2. The number of likely N-dealkylation sites (N-methyl/N-ethyl adjacent to an activating group) is 1. The molecule has 0 bridgehead atoms. The van der Waals surface area contributed by atoms with Crippen LogP contribution in [-0.2, 0) is 14.8 Å². The van der Waals surface area contributed by atoms with Crippen molar-refractivity contribution in [1.29, 1.82) is 0 Å². The van der Waals surface area contributed by atoms with Gasteiger partial charge in [0.15, 0.2) is 0 Å². The van der Waals surface area contributed by atoms with Crippen molar-refractivity contribution in [2.45, 2.75) is 20.8 Å². The molecule has 118 valence electrons. The SMILES string of the molecule is CCN(CC)C(=O)CN(c1ccc(C)cc1Br)S(C)(=O)=O. The number of carbonyl (C=O) groups excluding carboxylic acids is 1. The first-order valence-electron chi connectivity index (χ1n) is 6.72. The predicted molar refractivity (Wildman–Crippen MR) is 89.0 cm³/mol. The summed E-state index contributed by atoms with van der Waals surface area (Å²) in [5.41, 5.74) is 1.48. The molecule has 0 fully saturated rings. The van der Waals surface area contributed by atoms with Crippen molar-refractivity contribution in [3.05, 3.63) is 28.2 Å². The number of halogens is 1. The largest absolute Gasteiger partial charge is 0.342 e. The molecule has 0 unspecified atom stereocenters. The Balaban J connectivity index is 3.17. The van der Waals surface area contributed by atoms with Gasteiger partial charge in [0.1, 0.15) is 6.54 Å². The number of nitrogens with zero attached hydrogens (tertiary/aromatic N) is 2. The lowest BCUT2D eigenvalue weighted by Crippen LogP contribution is -2.42. The second-order valence-corrected chi connectivity index (χ2v) is 7.55. The fraction of sp³-hybridized carbons (Fsp3) is 0.500. The van der Waals surface area contributed by atoms with Crippen molar-refractivity contribution in [1.82, 2.24) is 4.90 Å². The van der Waals surface area contributed by atoms with Gasteiger partial charge in [-0.1, -0.05) is 6.07 Å². The maximum atomic E-state index is 12.2. The predicted octanol–water partition coefficient (Wildman–Crippen LogP) is 2.39. The van der Waals surface area contributed by atoms with E-state index in [0.717, 1.165) is 16.1 Å². The highest BCUT2D eigenvalue weighted by atomic mass is 79.9. The minimum atomic E-state index is -3.54. The molecular formula is C14H21BrN2O3S. The van der Waals surface area contributed by atoms with Crippen LogP contribution in [0.5, 0.6) is 0 Å². The maximum Gasteiger partial charge on any atom is 0.243 e. The summed E-state index contributed by atoms with van der Waals surface area (Å²) >= 11 is 3.37. The Morgan fingerprint density at radius 2 is 1.81 bits per heavy atom. The summed E-state index contributed by atoms with van der Waals surface area (Å²) in [7, 11) is -3.54. The second-order valence-electron chi connectivity index (χ2n) is 4.79. The van der Waals surface area contributed by atoms with Gasteiger partial charge in [-0.15, -0.1) is 0 Å². The number of carbonyl (C=O) groups is 1. The summed E-state index contributed by atoms with van der Waals surface area (Å²) in [6.45, 7) is 6.58. The molecule has 1 aromatic rings. The summed E-state index contributed by atoms with van der Waals surface area (Å²) in [5, 5.41) is 0. The lowest BCUT2D eigenvalue weighted by Gasteiger charge is -2.26. The molecule has 1 amide bonds. The zero-order valence-electron chi connectivity index (χ0n) is 12.8. The molecule has 5 nitrogen and oxygen atoms in total. The molecule has 0 aliphatic heterocycles. The number of sulfonamides is 1. The van der Waals surface area contributed by atoms with Gasteiger partial charge in [-0.2, -0.15) is 0 Å². The molecule has 0 saturated heterocycles. The molecule has 21 heavy (non-hydrogen) atoms. The molecular weight excluding hydrogens is 356 g/mol. The minimum Gasteiger partial charge on any atom is -0.342 e. The van der Waals surface area contributed by atoms with Crippen molar-refractivity contribution in [2.75, 3.05) is 30.2 Å². The Hall–Kier alpha value is -1.08. The first-order chi connectivity index (χ1) is 9.70. The topological polar surface area (TPSA) is 57.7 Å². The van der Waals surface area contributed by atoms with Crippen LogP contribution in [-0.4, -0.2) is 45.1 Å². The third-order valence-corrected chi connectivity index (χ3v) is 4.93. The quantitative estimate of drug-likeness (QED) is 0.765. The lowest BCUT2D eigenvalue weighted by molar-refractivity contribution is -0.129. The smallest absolute Gasteiger partial charge is 0.243 e. The molecule has 0 N–H and O–H groups in total. The van der Waals surface area contributed by atoms with Crippen LogP contribution >= 0.6 is 15.9 Å². The molecule has 0 atom stereocenters. The molecule has 7 heteroatoms. The molecule has 0 heterocycles. The normalized spacial score (nSPS) is 11.3. The van der Waals surface area contributed by atoms with E-state index in [1.54, 1.807) is 11.0 Å². The van der Waals surface area contributed by atoms with Crippen LogP contribution in [0.15, 0.2) is 22.7 Å². The van der Waals surface area contributed by atoms with E-state index in [-0.39, 0.29) is 12.5 Å². The van der Waals surface area contributed by atoms with Gasteiger partial charge in [0, 0.05) is 17.6 Å². The van der Waals surface area contributed by atoms with Crippen LogP contribution < -0.4 is 4.31 Å². The van der Waals surface area contributed by atoms with Crippen LogP contribution in [0.25, 0.3) is 0 Å². The number of hydrogen-bond acceptors (Lipinski definition) is 3. The van der Waals surface area contributed by atoms with Crippen molar-refractivity contribution in [2.24, 2.45) is 0 Å². The van der Waals surface area contributed by atoms with Gasteiger partial charge in [-0.3, -0.25) is 9.10 Å². The fourth-order valence-corrected chi connectivity index (χ4v) is 3.68. The molecule has 0 aliphatic rings. The van der Waals surface area contributed by atoms with E-state index < -0.39 is 10.0 Å². The zero-order chi connectivity index (χ0) is 16.2. The van der Waals surface area contributed by atoms with E-state index in [2.05, 4.69) is 15.9 Å². The van der Waals surface area contributed by atoms with E-state index in [4.69, 9.17) is 0 Å². The van der Waals surface area contributed by atoms with Crippen LogP contribution in [0, 0.1) is 6.92 Å². The van der Waals surface area contributed by atoms with Crippen molar-refractivity contribution in [3.63, 3.8) is 0 Å². The summed E-state index contributed by atoms with van der Waals surface area (Å²) in [5.74, 6) is -0.210. The monoisotopic (exact) mass is 376 g/mol. The Bertz CT molecular complexity index is 613. The van der Waals surface area contributed by atoms with E-state index in [1.165, 1.54) is 0 Å². The Morgan fingerprint density at radius 3 is 2.24 bits per heavy atom. The van der Waals surface area contributed by atoms with Crippen LogP contribution in [0.4, 0.5) is 5.69 Å². The van der Waals surface area contributed by atoms with Gasteiger partial charge in [0.05, 0.1) is 11.9 Å². The number of hydrogen-bond donors (Lipinski definition) is 0. The lowest BCUT2D eigenvalue weighted by atomic mass is 10.2. The highest BCUT2D eigenvalue weighted by Crippen LogP contribution is 2.29. The van der Waals surface area contributed by atoms with E-state index in [9.17, 15) is 13.2 Å². The average Bonchev–Trinajstić information content (AvgIpc) is 2.37. The number of amides is 1. The van der Waals surface area contributed by atoms with Crippen LogP contribution in [0.2, 0.25) is 0 Å². The van der Waals surface area contributed by atoms with Crippen molar-refractivity contribution < 1.29 is 13.2 Å². The third kappa shape index (κ3) is 4.71. The standard InChI is InChI=1S/C14H21BrN2O3S/c1-5-16(6-2)14(18)10-17(21(4,19)20)13-8-7-11(3)9-12(13)15/h7-9H,5-6,10H2,1-4H3. The van der Waals surface area contributed by atoms with Gasteiger partial charge in [-0.25, -0.2) is 8.42 Å². The first-order valence-corrected chi connectivity index (χ1v) is 9.36. The summed E-state index contributed by atoms with van der Waals surface area (Å²) in [6.07, 6.45) is 1.11. The fourth-order valence-electron chi connectivity index (χ4n) is 1.99. The van der Waals surface area contributed by atoms with E-state index in [1.807, 2.05) is 32.9 Å². The molecule has 0 saturated carbocycles. The molecule has 1 rings (SSSR count). The molecule has 0 aromatic heterocycles. The van der Waals surface area contributed by atoms with Gasteiger partial charge in [0.2, 0.25) is 15.9 Å². The molecule has 1 aromatic carbocycles. The van der Waals surface area contributed by atoms with Crippen molar-refractivity contribution >= 4 is 37.5 Å². The Labute approximate surface area is 135 Å². The van der Waals surface area contributed by atoms with E-state index in [0.29, 0.717) is 23.2 Å². The minimum absolute atomic E-state index is 0.192. The van der Waals surface area contributed by atoms with Crippen LogP contribution in [0.3, 0.4) is 0 Å². The highest BCUT2D eigenvalue weighted by Gasteiger charge is 2.24.